The lowest BCUT2D eigenvalue weighted by Gasteiger charge is -2.12. The molecule has 0 amide bonds. The third kappa shape index (κ3) is 5.27. The quantitative estimate of drug-likeness (QED) is 0.503. The number of guanidine groups is 1. The fourth-order valence-corrected chi connectivity index (χ4v) is 3.66. The second-order valence-corrected chi connectivity index (χ2v) is 7.85. The van der Waals surface area contributed by atoms with E-state index < -0.39 is 10.0 Å². The molecule has 0 saturated heterocycles. The molecule has 138 valence electrons. The maximum atomic E-state index is 12.2. The largest absolute Gasteiger partial charge is 0.352 e. The van der Waals surface area contributed by atoms with Crippen molar-refractivity contribution in [3.8, 4) is 0 Å². The molecule has 8 heteroatoms. The van der Waals surface area contributed by atoms with Crippen molar-refractivity contribution in [2.45, 2.75) is 36.9 Å². The van der Waals surface area contributed by atoms with Gasteiger partial charge in [-0.2, -0.15) is 0 Å². The molecule has 1 aromatic heterocycles. The predicted octanol–water partition coefficient (Wildman–Crippen LogP) is 1.39. The van der Waals surface area contributed by atoms with Crippen molar-refractivity contribution < 1.29 is 8.42 Å². The van der Waals surface area contributed by atoms with E-state index in [0.29, 0.717) is 23.9 Å². The number of aromatic nitrogens is 1. The number of rotatable bonds is 7. The molecule has 0 spiro atoms. The van der Waals surface area contributed by atoms with Gasteiger partial charge in [-0.15, -0.1) is 0 Å². The topological polar surface area (TPSA) is 95.5 Å². The number of sulfonamides is 1. The summed E-state index contributed by atoms with van der Waals surface area (Å²) >= 11 is 0. The van der Waals surface area contributed by atoms with E-state index in [2.05, 4.69) is 25.3 Å². The van der Waals surface area contributed by atoms with Gasteiger partial charge in [-0.25, -0.2) is 13.1 Å². The lowest BCUT2D eigenvalue weighted by Crippen LogP contribution is -2.36. The minimum Gasteiger partial charge on any atom is -0.352 e. The van der Waals surface area contributed by atoms with Gasteiger partial charge in [0.25, 0.3) is 0 Å². The van der Waals surface area contributed by atoms with Gasteiger partial charge in [0.05, 0.1) is 17.1 Å². The monoisotopic (exact) mass is 373 g/mol. The lowest BCUT2D eigenvalue weighted by molar-refractivity contribution is 0.581. The van der Waals surface area contributed by atoms with Crippen molar-refractivity contribution in [2.75, 3.05) is 7.05 Å². The maximum absolute atomic E-state index is 12.2. The van der Waals surface area contributed by atoms with Crippen molar-refractivity contribution >= 4 is 16.0 Å². The summed E-state index contributed by atoms with van der Waals surface area (Å²) in [5, 5.41) is 6.39. The Labute approximate surface area is 154 Å². The Hall–Kier alpha value is -2.45. The summed E-state index contributed by atoms with van der Waals surface area (Å²) in [6.45, 7) is 1.11. The summed E-state index contributed by atoms with van der Waals surface area (Å²) in [6.07, 6.45) is 3.60. The molecule has 0 radical (unpaired) electrons. The minimum atomic E-state index is -3.40. The summed E-state index contributed by atoms with van der Waals surface area (Å²) in [6, 6.07) is 12.7. The highest BCUT2D eigenvalue weighted by molar-refractivity contribution is 7.89. The molecule has 1 fully saturated rings. The van der Waals surface area contributed by atoms with Crippen LogP contribution >= 0.6 is 0 Å². The Morgan fingerprint density at radius 3 is 2.46 bits per heavy atom. The SMILES string of the molecule is CN=C(NCc1ccc(S(=O)(=O)NC2CC2)cc1)NCc1ccccn1. The molecule has 2 aromatic rings. The predicted molar refractivity (Wildman–Crippen MR) is 101 cm³/mol. The van der Waals surface area contributed by atoms with Crippen LogP contribution in [0.2, 0.25) is 0 Å². The molecule has 0 aliphatic heterocycles. The second-order valence-electron chi connectivity index (χ2n) is 6.14. The van der Waals surface area contributed by atoms with Crippen LogP contribution in [0.15, 0.2) is 58.5 Å². The van der Waals surface area contributed by atoms with Gasteiger partial charge < -0.3 is 10.6 Å². The number of hydrogen-bond acceptors (Lipinski definition) is 4. The van der Waals surface area contributed by atoms with E-state index in [9.17, 15) is 8.42 Å². The van der Waals surface area contributed by atoms with Gasteiger partial charge in [0.1, 0.15) is 0 Å². The van der Waals surface area contributed by atoms with Crippen LogP contribution in [0, 0.1) is 0 Å². The number of aliphatic imine (C=N–C) groups is 1. The first kappa shape index (κ1) is 18.3. The molecule has 0 atom stereocenters. The highest BCUT2D eigenvalue weighted by Gasteiger charge is 2.27. The average molecular weight is 373 g/mol. The van der Waals surface area contributed by atoms with Crippen molar-refractivity contribution in [2.24, 2.45) is 4.99 Å². The zero-order valence-electron chi connectivity index (χ0n) is 14.6. The molecular formula is C18H23N5O2S. The summed E-state index contributed by atoms with van der Waals surface area (Å²) < 4.78 is 27.0. The summed E-state index contributed by atoms with van der Waals surface area (Å²) in [7, 11) is -1.70. The molecule has 0 unspecified atom stereocenters. The molecule has 1 aliphatic rings. The Morgan fingerprint density at radius 2 is 1.85 bits per heavy atom. The smallest absolute Gasteiger partial charge is 0.240 e. The molecule has 1 saturated carbocycles. The third-order valence-corrected chi connectivity index (χ3v) is 5.52. The van der Waals surface area contributed by atoms with Gasteiger partial charge in [-0.05, 0) is 42.7 Å². The van der Waals surface area contributed by atoms with E-state index in [0.717, 1.165) is 24.1 Å². The van der Waals surface area contributed by atoms with Crippen LogP contribution in [-0.4, -0.2) is 32.5 Å². The molecule has 0 bridgehead atoms. The van der Waals surface area contributed by atoms with E-state index in [1.807, 2.05) is 18.2 Å². The highest BCUT2D eigenvalue weighted by Crippen LogP contribution is 2.22. The normalized spacial score (nSPS) is 14.9. The third-order valence-electron chi connectivity index (χ3n) is 3.98. The van der Waals surface area contributed by atoms with Crippen molar-refractivity contribution in [1.82, 2.24) is 20.3 Å². The van der Waals surface area contributed by atoms with Crippen molar-refractivity contribution in [3.05, 3.63) is 59.9 Å². The van der Waals surface area contributed by atoms with E-state index in [1.165, 1.54) is 0 Å². The Bertz CT molecular complexity index is 847. The van der Waals surface area contributed by atoms with Gasteiger partial charge in [0.15, 0.2) is 5.96 Å². The fourth-order valence-electron chi connectivity index (χ4n) is 2.36. The molecule has 1 heterocycles. The maximum Gasteiger partial charge on any atom is 0.240 e. The first-order valence-electron chi connectivity index (χ1n) is 8.52. The van der Waals surface area contributed by atoms with E-state index in [-0.39, 0.29) is 6.04 Å². The van der Waals surface area contributed by atoms with E-state index >= 15 is 0 Å². The first-order valence-corrected chi connectivity index (χ1v) is 10.0. The number of nitrogens with zero attached hydrogens (tertiary/aromatic N) is 2. The molecule has 3 rings (SSSR count). The molecule has 1 aromatic carbocycles. The van der Waals surface area contributed by atoms with Crippen LogP contribution in [-0.2, 0) is 23.1 Å². The Balaban J connectivity index is 1.51. The van der Waals surface area contributed by atoms with Gasteiger partial charge in [0.2, 0.25) is 10.0 Å². The lowest BCUT2D eigenvalue weighted by atomic mass is 10.2. The summed E-state index contributed by atoms with van der Waals surface area (Å²) in [4.78, 5) is 8.73. The average Bonchev–Trinajstić information content (AvgIpc) is 3.46. The van der Waals surface area contributed by atoms with E-state index in [1.54, 1.807) is 37.5 Å². The van der Waals surface area contributed by atoms with Crippen LogP contribution in [0.3, 0.4) is 0 Å². The second kappa shape index (κ2) is 8.29. The number of benzene rings is 1. The Kier molecular flexibility index (Phi) is 5.85. The molecule has 7 nitrogen and oxygen atoms in total. The summed E-state index contributed by atoms with van der Waals surface area (Å²) in [5.74, 6) is 0.655. The van der Waals surface area contributed by atoms with Crippen LogP contribution in [0.25, 0.3) is 0 Å². The first-order chi connectivity index (χ1) is 12.6. The molecular weight excluding hydrogens is 350 g/mol. The highest BCUT2D eigenvalue weighted by atomic mass is 32.2. The zero-order chi connectivity index (χ0) is 18.4. The van der Waals surface area contributed by atoms with Crippen LogP contribution in [0.5, 0.6) is 0 Å². The number of hydrogen-bond donors (Lipinski definition) is 3. The zero-order valence-corrected chi connectivity index (χ0v) is 15.5. The van der Waals surface area contributed by atoms with Gasteiger partial charge >= 0.3 is 0 Å². The van der Waals surface area contributed by atoms with Crippen LogP contribution in [0.1, 0.15) is 24.1 Å². The minimum absolute atomic E-state index is 0.106. The fraction of sp³-hybridized carbons (Fsp3) is 0.333. The number of pyridine rings is 1. The van der Waals surface area contributed by atoms with E-state index in [4.69, 9.17) is 0 Å². The van der Waals surface area contributed by atoms with Gasteiger partial charge in [-0.3, -0.25) is 9.98 Å². The molecule has 26 heavy (non-hydrogen) atoms. The van der Waals surface area contributed by atoms with Crippen molar-refractivity contribution in [3.63, 3.8) is 0 Å². The van der Waals surface area contributed by atoms with Crippen LogP contribution < -0.4 is 15.4 Å². The van der Waals surface area contributed by atoms with Gasteiger partial charge in [0, 0.05) is 25.8 Å². The van der Waals surface area contributed by atoms with Crippen molar-refractivity contribution in [1.29, 1.82) is 0 Å². The summed E-state index contributed by atoms with van der Waals surface area (Å²) in [5.41, 5.74) is 1.89. The Morgan fingerprint density at radius 1 is 1.12 bits per heavy atom. The van der Waals surface area contributed by atoms with Crippen LogP contribution in [0.4, 0.5) is 0 Å². The standard InChI is InChI=1S/C18H23N5O2S/c1-19-18(22-13-16-4-2-3-11-20-16)21-12-14-5-9-17(10-6-14)26(24,25)23-15-7-8-15/h2-6,9-11,15,23H,7-8,12-13H2,1H3,(H2,19,21,22). The number of nitrogens with one attached hydrogen (secondary N) is 3. The van der Waals surface area contributed by atoms with Gasteiger partial charge in [-0.1, -0.05) is 18.2 Å². The molecule has 3 N–H and O–H groups in total. The molecule has 1 aliphatic carbocycles.